The molecule has 0 bridgehead atoms. The fourth-order valence-corrected chi connectivity index (χ4v) is 3.54. The molecule has 1 atom stereocenters. The average Bonchev–Trinajstić information content (AvgIpc) is 2.64. The number of hydrogen-bond donors (Lipinski definition) is 1. The highest BCUT2D eigenvalue weighted by molar-refractivity contribution is 5.70. The lowest BCUT2D eigenvalue weighted by Gasteiger charge is -2.37. The minimum absolute atomic E-state index is 0.367. The van der Waals surface area contributed by atoms with Crippen molar-refractivity contribution in [2.45, 2.75) is 25.1 Å². The zero-order chi connectivity index (χ0) is 19.6. The van der Waals surface area contributed by atoms with Crippen LogP contribution in [0.4, 0.5) is 17.6 Å². The molecule has 0 spiro atoms. The maximum atomic E-state index is 14.5. The summed E-state index contributed by atoms with van der Waals surface area (Å²) in [6.45, 7) is 0.855. The average molecular weight is 381 g/mol. The number of carbonyl (C=O) groups is 1. The maximum Gasteiger partial charge on any atom is 0.416 e. The van der Waals surface area contributed by atoms with Crippen LogP contribution in [0.2, 0.25) is 0 Å². The summed E-state index contributed by atoms with van der Waals surface area (Å²) in [6.07, 6.45) is -3.60. The van der Waals surface area contributed by atoms with Gasteiger partial charge in [0.15, 0.2) is 0 Å². The van der Waals surface area contributed by atoms with Crippen molar-refractivity contribution in [2.75, 3.05) is 13.1 Å². The number of halogens is 4. The molecule has 1 fully saturated rings. The van der Waals surface area contributed by atoms with Gasteiger partial charge in [0.1, 0.15) is 5.82 Å². The number of nitrogens with zero attached hydrogens (tertiary/aromatic N) is 1. The first kappa shape index (κ1) is 19.4. The largest absolute Gasteiger partial charge is 0.481 e. The number of aliphatic carboxylic acids is 1. The molecule has 3 rings (SSSR count). The summed E-state index contributed by atoms with van der Waals surface area (Å²) in [6, 6.07) is 10.3. The molecule has 144 valence electrons. The molecule has 0 radical (unpaired) electrons. The fraction of sp³-hybridized carbons (Fsp3) is 0.350. The van der Waals surface area contributed by atoms with Gasteiger partial charge < -0.3 is 5.11 Å². The lowest BCUT2D eigenvalue weighted by molar-refractivity contribution is -0.143. The quantitative estimate of drug-likeness (QED) is 0.779. The third-order valence-electron chi connectivity index (χ3n) is 5.00. The van der Waals surface area contributed by atoms with Crippen LogP contribution in [0.25, 0.3) is 0 Å². The van der Waals surface area contributed by atoms with Gasteiger partial charge in [-0.25, -0.2) is 4.39 Å². The Bertz CT molecular complexity index is 796. The van der Waals surface area contributed by atoms with Crippen LogP contribution >= 0.6 is 0 Å². The summed E-state index contributed by atoms with van der Waals surface area (Å²) in [5, 5.41) is 9.16. The van der Waals surface area contributed by atoms with E-state index in [4.69, 9.17) is 5.11 Å². The molecular weight excluding hydrogens is 362 g/mol. The van der Waals surface area contributed by atoms with Crippen molar-refractivity contribution >= 4 is 5.97 Å². The standard InChI is InChI=1S/C20H19F4NO2/c21-17-4-2-1-3-16(17)18(25-11-9-14(10-12-25)19(26)27)13-5-7-15(8-6-13)20(22,23)24/h1-8,14,18H,9-12H2,(H,26,27). The highest BCUT2D eigenvalue weighted by Gasteiger charge is 2.33. The van der Waals surface area contributed by atoms with E-state index in [1.165, 1.54) is 18.2 Å². The van der Waals surface area contributed by atoms with Gasteiger partial charge in [-0.15, -0.1) is 0 Å². The third-order valence-corrected chi connectivity index (χ3v) is 5.00. The molecule has 0 aliphatic carbocycles. The zero-order valence-electron chi connectivity index (χ0n) is 14.4. The summed E-state index contributed by atoms with van der Waals surface area (Å²) in [5.74, 6) is -1.75. The number of alkyl halides is 3. The van der Waals surface area contributed by atoms with Gasteiger partial charge in [0.2, 0.25) is 0 Å². The molecule has 7 heteroatoms. The highest BCUT2D eigenvalue weighted by atomic mass is 19.4. The topological polar surface area (TPSA) is 40.5 Å². The van der Waals surface area contributed by atoms with Gasteiger partial charge in [0.25, 0.3) is 0 Å². The van der Waals surface area contributed by atoms with Gasteiger partial charge in [-0.05, 0) is 49.7 Å². The second-order valence-corrected chi connectivity index (χ2v) is 6.69. The van der Waals surface area contributed by atoms with Crippen LogP contribution in [0.1, 0.15) is 35.6 Å². The first-order chi connectivity index (χ1) is 12.8. The Balaban J connectivity index is 1.94. The minimum Gasteiger partial charge on any atom is -0.481 e. The number of carboxylic acid groups (broad SMARTS) is 1. The van der Waals surface area contributed by atoms with Crippen molar-refractivity contribution < 1.29 is 27.5 Å². The summed E-state index contributed by atoms with van der Waals surface area (Å²) in [5.41, 5.74) is 0.149. The van der Waals surface area contributed by atoms with Crippen LogP contribution in [0.5, 0.6) is 0 Å². The zero-order valence-corrected chi connectivity index (χ0v) is 14.4. The lowest BCUT2D eigenvalue weighted by atomic mass is 9.91. The van der Waals surface area contributed by atoms with Crippen molar-refractivity contribution in [1.82, 2.24) is 4.90 Å². The van der Waals surface area contributed by atoms with Crippen molar-refractivity contribution in [2.24, 2.45) is 5.92 Å². The summed E-state index contributed by atoms with van der Waals surface area (Å²) >= 11 is 0. The van der Waals surface area contributed by atoms with Crippen molar-refractivity contribution in [1.29, 1.82) is 0 Å². The fourth-order valence-electron chi connectivity index (χ4n) is 3.54. The molecule has 1 aliphatic rings. The van der Waals surface area contributed by atoms with E-state index in [1.54, 1.807) is 18.2 Å². The second-order valence-electron chi connectivity index (χ2n) is 6.69. The van der Waals surface area contributed by atoms with Gasteiger partial charge in [0.05, 0.1) is 17.5 Å². The molecule has 3 nitrogen and oxygen atoms in total. The molecule has 2 aromatic carbocycles. The van der Waals surface area contributed by atoms with E-state index in [0.717, 1.165) is 12.1 Å². The molecule has 1 unspecified atom stereocenters. The molecule has 0 aromatic heterocycles. The second kappa shape index (κ2) is 7.68. The number of rotatable bonds is 4. The molecule has 27 heavy (non-hydrogen) atoms. The third kappa shape index (κ3) is 4.30. The summed E-state index contributed by atoms with van der Waals surface area (Å²) in [7, 11) is 0. The lowest BCUT2D eigenvalue weighted by Crippen LogP contribution is -2.39. The Morgan fingerprint density at radius 2 is 1.63 bits per heavy atom. The molecular formula is C20H19F4NO2. The van der Waals surface area contributed by atoms with E-state index < -0.39 is 35.5 Å². The predicted octanol–water partition coefficient (Wildman–Crippen LogP) is 4.73. The van der Waals surface area contributed by atoms with E-state index in [0.29, 0.717) is 37.1 Å². The molecule has 1 N–H and O–H groups in total. The Hall–Kier alpha value is -2.41. The van der Waals surface area contributed by atoms with Crippen LogP contribution in [0, 0.1) is 11.7 Å². The minimum atomic E-state index is -4.44. The number of piperidine rings is 1. The van der Waals surface area contributed by atoms with Crippen molar-refractivity contribution in [3.05, 3.63) is 71.0 Å². The van der Waals surface area contributed by atoms with E-state index in [9.17, 15) is 22.4 Å². The van der Waals surface area contributed by atoms with E-state index >= 15 is 0 Å². The normalized spacial score (nSPS) is 17.6. The first-order valence-electron chi connectivity index (χ1n) is 8.66. The Labute approximate surface area is 154 Å². The molecule has 1 aliphatic heterocycles. The van der Waals surface area contributed by atoms with E-state index in [-0.39, 0.29) is 0 Å². The molecule has 0 amide bonds. The van der Waals surface area contributed by atoms with Crippen LogP contribution in [-0.2, 0) is 11.0 Å². The van der Waals surface area contributed by atoms with E-state index in [2.05, 4.69) is 0 Å². The number of hydrogen-bond acceptors (Lipinski definition) is 2. The summed E-state index contributed by atoms with van der Waals surface area (Å²) in [4.78, 5) is 13.1. The Morgan fingerprint density at radius 3 is 2.15 bits per heavy atom. The van der Waals surface area contributed by atoms with Crippen LogP contribution in [0.3, 0.4) is 0 Å². The van der Waals surface area contributed by atoms with Crippen LogP contribution < -0.4 is 0 Å². The number of carboxylic acids is 1. The SMILES string of the molecule is O=C(O)C1CCN(C(c2ccc(C(F)(F)F)cc2)c2ccccc2F)CC1. The molecule has 2 aromatic rings. The molecule has 1 saturated heterocycles. The molecule has 0 saturated carbocycles. The smallest absolute Gasteiger partial charge is 0.416 e. The number of likely N-dealkylation sites (tertiary alicyclic amines) is 1. The maximum absolute atomic E-state index is 14.5. The van der Waals surface area contributed by atoms with Crippen LogP contribution in [0.15, 0.2) is 48.5 Å². The summed E-state index contributed by atoms with van der Waals surface area (Å²) < 4.78 is 53.0. The van der Waals surface area contributed by atoms with Crippen LogP contribution in [-0.4, -0.2) is 29.1 Å². The van der Waals surface area contributed by atoms with Gasteiger partial charge in [-0.2, -0.15) is 13.2 Å². The number of benzene rings is 2. The highest BCUT2D eigenvalue weighted by Crippen LogP contribution is 2.36. The molecule has 1 heterocycles. The van der Waals surface area contributed by atoms with Crippen molar-refractivity contribution in [3.63, 3.8) is 0 Å². The van der Waals surface area contributed by atoms with E-state index in [1.807, 2.05) is 4.90 Å². The Kier molecular flexibility index (Phi) is 5.51. The monoisotopic (exact) mass is 381 g/mol. The van der Waals surface area contributed by atoms with Gasteiger partial charge in [-0.3, -0.25) is 9.69 Å². The predicted molar refractivity (Wildman–Crippen MR) is 91.6 cm³/mol. The Morgan fingerprint density at radius 1 is 1.04 bits per heavy atom. The van der Waals surface area contributed by atoms with Gasteiger partial charge in [0, 0.05) is 5.56 Å². The first-order valence-corrected chi connectivity index (χ1v) is 8.66. The van der Waals surface area contributed by atoms with Crippen molar-refractivity contribution in [3.8, 4) is 0 Å². The van der Waals surface area contributed by atoms with Gasteiger partial charge >= 0.3 is 12.1 Å². The van der Waals surface area contributed by atoms with Gasteiger partial charge in [-0.1, -0.05) is 30.3 Å².